The smallest absolute Gasteiger partial charge is 0.216 e. The maximum Gasteiger partial charge on any atom is 0.216 e. The van der Waals surface area contributed by atoms with E-state index >= 15 is 0 Å². The highest BCUT2D eigenvalue weighted by Gasteiger charge is 2.38. The average Bonchev–Trinajstić information content (AvgIpc) is 3.20. The van der Waals surface area contributed by atoms with Crippen molar-refractivity contribution in [1.29, 1.82) is 0 Å². The van der Waals surface area contributed by atoms with Crippen LogP contribution in [0, 0.1) is 0 Å². The van der Waals surface area contributed by atoms with Crippen LogP contribution < -0.4 is 0 Å². The first-order valence-corrected chi connectivity index (χ1v) is 10.5. The average molecular weight is 361 g/mol. The van der Waals surface area contributed by atoms with Crippen LogP contribution in [0.1, 0.15) is 36.2 Å². The Morgan fingerprint density at radius 3 is 2.64 bits per heavy atom. The highest BCUT2D eigenvalue weighted by atomic mass is 32.2. The fourth-order valence-corrected chi connectivity index (χ4v) is 5.07. The van der Waals surface area contributed by atoms with Gasteiger partial charge in [-0.05, 0) is 49.8 Å². The number of sulfonamides is 1. The number of aliphatic hydroxyl groups is 1. The Hall–Kier alpha value is -1.70. The second-order valence-corrected chi connectivity index (χ2v) is 8.83. The van der Waals surface area contributed by atoms with E-state index in [1.54, 1.807) is 4.31 Å². The number of hydrogen-bond acceptors (Lipinski definition) is 4. The molecule has 0 unspecified atom stereocenters. The van der Waals surface area contributed by atoms with Gasteiger partial charge in [0.25, 0.3) is 0 Å². The molecular formula is C18H23N3O3S. The van der Waals surface area contributed by atoms with Crippen molar-refractivity contribution >= 4 is 10.0 Å². The van der Waals surface area contributed by atoms with Crippen LogP contribution >= 0.6 is 0 Å². The number of aromatic nitrogens is 2. The minimum absolute atomic E-state index is 0.0653. The third-order valence-electron chi connectivity index (χ3n) is 4.98. The summed E-state index contributed by atoms with van der Waals surface area (Å²) in [5.74, 6) is -0.217. The molecular weight excluding hydrogens is 338 g/mol. The summed E-state index contributed by atoms with van der Waals surface area (Å²) in [5.41, 5.74) is 4.29. The molecule has 1 fully saturated rings. The van der Waals surface area contributed by atoms with Crippen LogP contribution in [-0.2, 0) is 29.4 Å². The van der Waals surface area contributed by atoms with Crippen molar-refractivity contribution in [2.45, 2.75) is 44.7 Å². The molecule has 0 bridgehead atoms. The zero-order chi connectivity index (χ0) is 17.4. The Kier molecular flexibility index (Phi) is 4.39. The molecule has 6 nitrogen and oxygen atoms in total. The van der Waals surface area contributed by atoms with Crippen LogP contribution in [0.25, 0.3) is 5.69 Å². The predicted molar refractivity (Wildman–Crippen MR) is 95.0 cm³/mol. The molecule has 0 amide bonds. The zero-order valence-corrected chi connectivity index (χ0v) is 15.0. The summed E-state index contributed by atoms with van der Waals surface area (Å²) in [6.45, 7) is -0.0305. The Balaban J connectivity index is 1.69. The molecule has 7 heteroatoms. The van der Waals surface area contributed by atoms with Gasteiger partial charge in [0.05, 0.1) is 30.3 Å². The van der Waals surface area contributed by atoms with Gasteiger partial charge >= 0.3 is 0 Å². The molecule has 1 heterocycles. The maximum atomic E-state index is 12.5. The van der Waals surface area contributed by atoms with E-state index in [1.165, 1.54) is 11.3 Å². The van der Waals surface area contributed by atoms with E-state index in [9.17, 15) is 8.42 Å². The van der Waals surface area contributed by atoms with Crippen LogP contribution in [-0.4, -0.2) is 46.0 Å². The quantitative estimate of drug-likeness (QED) is 0.814. The van der Waals surface area contributed by atoms with Gasteiger partial charge in [0, 0.05) is 11.7 Å². The molecule has 0 spiro atoms. The minimum Gasteiger partial charge on any atom is -0.395 e. The summed E-state index contributed by atoms with van der Waals surface area (Å²) in [6.07, 6.45) is 4.80. The second kappa shape index (κ2) is 6.55. The van der Waals surface area contributed by atoms with Crippen molar-refractivity contribution in [1.82, 2.24) is 14.1 Å². The lowest BCUT2D eigenvalue weighted by Crippen LogP contribution is -2.35. The molecule has 2 aromatic rings. The molecule has 1 saturated carbocycles. The van der Waals surface area contributed by atoms with Crippen LogP contribution in [0.2, 0.25) is 0 Å². The Morgan fingerprint density at radius 1 is 1.20 bits per heavy atom. The summed E-state index contributed by atoms with van der Waals surface area (Å²) < 4.78 is 28.6. The number of fused-ring (bicyclic) bond motifs is 1. The van der Waals surface area contributed by atoms with Crippen molar-refractivity contribution in [3.63, 3.8) is 0 Å². The SMILES string of the molecule is O=S(=O)(CCO)N(Cc1nn(-c2ccccc2)c2c1CCC2)C1CC1. The molecule has 1 aromatic heterocycles. The fourth-order valence-electron chi connectivity index (χ4n) is 3.62. The lowest BCUT2D eigenvalue weighted by atomic mass is 10.2. The van der Waals surface area contributed by atoms with E-state index in [0.717, 1.165) is 43.5 Å². The van der Waals surface area contributed by atoms with E-state index in [0.29, 0.717) is 6.54 Å². The first-order chi connectivity index (χ1) is 12.1. The van der Waals surface area contributed by atoms with Crippen molar-refractivity contribution in [2.75, 3.05) is 12.4 Å². The van der Waals surface area contributed by atoms with Crippen molar-refractivity contribution in [2.24, 2.45) is 0 Å². The number of rotatable bonds is 7. The lowest BCUT2D eigenvalue weighted by Gasteiger charge is -2.20. The van der Waals surface area contributed by atoms with E-state index in [-0.39, 0.29) is 18.4 Å². The molecule has 2 aliphatic rings. The van der Waals surface area contributed by atoms with Gasteiger partial charge in [-0.2, -0.15) is 9.40 Å². The first-order valence-electron chi connectivity index (χ1n) is 8.85. The van der Waals surface area contributed by atoms with Gasteiger partial charge < -0.3 is 5.11 Å². The molecule has 0 radical (unpaired) electrons. The number of nitrogens with zero attached hydrogens (tertiary/aromatic N) is 3. The van der Waals surface area contributed by atoms with Gasteiger partial charge in [0.15, 0.2) is 0 Å². The molecule has 1 aromatic carbocycles. The van der Waals surface area contributed by atoms with Crippen molar-refractivity contribution in [3.8, 4) is 5.69 Å². The molecule has 134 valence electrons. The standard InChI is InChI=1S/C18H23N3O3S/c22-11-12-25(23,24)20(14-9-10-14)13-17-16-7-4-8-18(16)21(19-17)15-5-2-1-3-6-15/h1-3,5-6,14,22H,4,7-13H2. The molecule has 2 aliphatic carbocycles. The van der Waals surface area contributed by atoms with Crippen LogP contribution in [0.3, 0.4) is 0 Å². The van der Waals surface area contributed by atoms with E-state index in [2.05, 4.69) is 0 Å². The third-order valence-corrected chi connectivity index (χ3v) is 6.82. The monoisotopic (exact) mass is 361 g/mol. The van der Waals surface area contributed by atoms with Gasteiger partial charge in [-0.15, -0.1) is 0 Å². The van der Waals surface area contributed by atoms with Crippen LogP contribution in [0.4, 0.5) is 0 Å². The zero-order valence-electron chi connectivity index (χ0n) is 14.1. The summed E-state index contributed by atoms with van der Waals surface area (Å²) >= 11 is 0. The molecule has 0 saturated heterocycles. The maximum absolute atomic E-state index is 12.5. The Labute approximate surface area is 148 Å². The van der Waals surface area contributed by atoms with Gasteiger partial charge in [0.1, 0.15) is 0 Å². The topological polar surface area (TPSA) is 75.4 Å². The number of hydrogen-bond donors (Lipinski definition) is 1. The van der Waals surface area contributed by atoms with Gasteiger partial charge in [-0.3, -0.25) is 0 Å². The minimum atomic E-state index is -3.45. The number of benzene rings is 1. The highest BCUT2D eigenvalue weighted by Crippen LogP contribution is 2.34. The lowest BCUT2D eigenvalue weighted by molar-refractivity contribution is 0.312. The molecule has 4 rings (SSSR count). The largest absolute Gasteiger partial charge is 0.395 e. The van der Waals surface area contributed by atoms with E-state index in [1.807, 2.05) is 35.0 Å². The summed E-state index contributed by atoms with van der Waals surface area (Å²) in [7, 11) is -3.45. The Morgan fingerprint density at radius 2 is 1.96 bits per heavy atom. The van der Waals surface area contributed by atoms with Crippen molar-refractivity contribution in [3.05, 3.63) is 47.3 Å². The van der Waals surface area contributed by atoms with Gasteiger partial charge in [0.2, 0.25) is 10.0 Å². The Bertz CT molecular complexity index is 857. The first kappa shape index (κ1) is 16.8. The molecule has 1 N–H and O–H groups in total. The second-order valence-electron chi connectivity index (χ2n) is 6.79. The summed E-state index contributed by atoms with van der Waals surface area (Å²) in [4.78, 5) is 0. The summed E-state index contributed by atoms with van der Waals surface area (Å²) in [6, 6.07) is 10.1. The van der Waals surface area contributed by atoms with E-state index in [4.69, 9.17) is 10.2 Å². The number of aliphatic hydroxyl groups excluding tert-OH is 1. The normalized spacial score (nSPS) is 17.2. The fraction of sp³-hybridized carbons (Fsp3) is 0.500. The predicted octanol–water partition coefficient (Wildman–Crippen LogP) is 1.65. The van der Waals surface area contributed by atoms with Gasteiger partial charge in [-0.25, -0.2) is 13.1 Å². The van der Waals surface area contributed by atoms with Crippen LogP contribution in [0.15, 0.2) is 30.3 Å². The molecule has 0 atom stereocenters. The summed E-state index contributed by atoms with van der Waals surface area (Å²) in [5, 5.41) is 13.9. The number of para-hydroxylation sites is 1. The molecule has 0 aliphatic heterocycles. The third kappa shape index (κ3) is 3.23. The van der Waals surface area contributed by atoms with Gasteiger partial charge in [-0.1, -0.05) is 18.2 Å². The van der Waals surface area contributed by atoms with E-state index < -0.39 is 10.0 Å². The molecule has 25 heavy (non-hydrogen) atoms. The van der Waals surface area contributed by atoms with Crippen molar-refractivity contribution < 1.29 is 13.5 Å². The van der Waals surface area contributed by atoms with Crippen LogP contribution in [0.5, 0.6) is 0 Å². The highest BCUT2D eigenvalue weighted by molar-refractivity contribution is 7.89.